The summed E-state index contributed by atoms with van der Waals surface area (Å²) in [5.74, 6) is 1.75. The van der Waals surface area contributed by atoms with Crippen LogP contribution in [0.15, 0.2) is 23.6 Å². The smallest absolute Gasteiger partial charge is 0.410 e. The second-order valence-electron chi connectivity index (χ2n) is 10.1. The maximum atomic E-state index is 13.2. The van der Waals surface area contributed by atoms with Gasteiger partial charge in [0.25, 0.3) is 5.91 Å². The number of thiazole rings is 1. The van der Waals surface area contributed by atoms with Crippen molar-refractivity contribution in [2.75, 3.05) is 58.4 Å². The minimum Gasteiger partial charge on any atom is -0.497 e. The summed E-state index contributed by atoms with van der Waals surface area (Å²) in [6.45, 7) is 9.58. The molecule has 9 nitrogen and oxygen atoms in total. The number of rotatable bonds is 5. The van der Waals surface area contributed by atoms with Crippen molar-refractivity contribution in [3.63, 3.8) is 0 Å². The van der Waals surface area contributed by atoms with Crippen LogP contribution in [0.4, 0.5) is 10.5 Å². The minimum absolute atomic E-state index is 0.0231. The first-order valence-corrected chi connectivity index (χ1v) is 13.3. The molecule has 4 rings (SSSR count). The van der Waals surface area contributed by atoms with Gasteiger partial charge in [-0.05, 0) is 45.7 Å². The van der Waals surface area contributed by atoms with Crippen LogP contribution in [0.25, 0.3) is 0 Å². The van der Waals surface area contributed by atoms with Gasteiger partial charge in [-0.3, -0.25) is 4.79 Å². The molecule has 1 aromatic carbocycles. The Morgan fingerprint density at radius 1 is 0.972 bits per heavy atom. The van der Waals surface area contributed by atoms with Gasteiger partial charge in [0.05, 0.1) is 24.9 Å². The van der Waals surface area contributed by atoms with E-state index in [1.165, 1.54) is 0 Å². The molecule has 0 N–H and O–H groups in total. The second-order valence-corrected chi connectivity index (χ2v) is 11.0. The van der Waals surface area contributed by atoms with Crippen molar-refractivity contribution in [2.45, 2.75) is 45.1 Å². The van der Waals surface area contributed by atoms with Crippen LogP contribution in [-0.2, 0) is 4.74 Å². The highest BCUT2D eigenvalue weighted by molar-refractivity contribution is 7.09. The monoisotopic (exact) mass is 516 g/mol. The molecule has 0 saturated carbocycles. The number of methoxy groups -OCH3 is 2. The number of benzene rings is 1. The van der Waals surface area contributed by atoms with E-state index in [0.717, 1.165) is 35.0 Å². The Kier molecular flexibility index (Phi) is 7.92. The fraction of sp³-hybridized carbons (Fsp3) is 0.577. The average Bonchev–Trinajstić information content (AvgIpc) is 3.37. The lowest BCUT2D eigenvalue weighted by atomic mass is 9.98. The summed E-state index contributed by atoms with van der Waals surface area (Å²) in [4.78, 5) is 36.1. The van der Waals surface area contributed by atoms with Gasteiger partial charge in [0.2, 0.25) is 0 Å². The normalized spacial score (nSPS) is 17.2. The minimum atomic E-state index is -0.495. The van der Waals surface area contributed by atoms with E-state index in [9.17, 15) is 9.59 Å². The Labute approximate surface area is 216 Å². The van der Waals surface area contributed by atoms with Crippen molar-refractivity contribution >= 4 is 29.0 Å². The lowest BCUT2D eigenvalue weighted by Crippen LogP contribution is -2.49. The summed E-state index contributed by atoms with van der Waals surface area (Å²) >= 11 is 1.54. The highest BCUT2D eigenvalue weighted by Gasteiger charge is 2.30. The van der Waals surface area contributed by atoms with E-state index in [-0.39, 0.29) is 17.9 Å². The average molecular weight is 517 g/mol. The molecule has 2 aliphatic rings. The van der Waals surface area contributed by atoms with E-state index >= 15 is 0 Å². The van der Waals surface area contributed by atoms with Gasteiger partial charge in [-0.25, -0.2) is 9.78 Å². The summed E-state index contributed by atoms with van der Waals surface area (Å²) in [6, 6.07) is 5.79. The van der Waals surface area contributed by atoms with Crippen molar-refractivity contribution in [1.29, 1.82) is 0 Å². The van der Waals surface area contributed by atoms with Gasteiger partial charge in [-0.2, -0.15) is 0 Å². The van der Waals surface area contributed by atoms with Crippen molar-refractivity contribution < 1.29 is 23.8 Å². The van der Waals surface area contributed by atoms with Gasteiger partial charge in [-0.15, -0.1) is 11.3 Å². The molecule has 2 aromatic rings. The molecule has 2 fully saturated rings. The SMILES string of the molecule is COc1ccc(N2CCN(C(=O)c3csc(C4CCN(C(=O)OC(C)(C)C)CC4)n3)CC2)c(OC)c1. The second kappa shape index (κ2) is 10.9. The van der Waals surface area contributed by atoms with Crippen LogP contribution in [0, 0.1) is 0 Å². The van der Waals surface area contributed by atoms with Gasteiger partial charge < -0.3 is 28.9 Å². The zero-order valence-electron chi connectivity index (χ0n) is 21.8. The predicted molar refractivity (Wildman–Crippen MR) is 140 cm³/mol. The Morgan fingerprint density at radius 3 is 2.28 bits per heavy atom. The van der Waals surface area contributed by atoms with Crippen molar-refractivity contribution in [1.82, 2.24) is 14.8 Å². The number of carbonyl (C=O) groups excluding carboxylic acids is 2. The Hall–Kier alpha value is -3.01. The van der Waals surface area contributed by atoms with Crippen LogP contribution in [-0.4, -0.2) is 85.9 Å². The van der Waals surface area contributed by atoms with Crippen LogP contribution in [0.1, 0.15) is 55.0 Å². The number of anilines is 1. The number of ether oxygens (including phenoxy) is 3. The molecule has 0 radical (unpaired) electrons. The highest BCUT2D eigenvalue weighted by Crippen LogP contribution is 2.34. The summed E-state index contributed by atoms with van der Waals surface area (Å²) in [6.07, 6.45) is 1.38. The maximum absolute atomic E-state index is 13.2. The first-order chi connectivity index (χ1) is 17.2. The zero-order valence-corrected chi connectivity index (χ0v) is 22.6. The van der Waals surface area contributed by atoms with Gasteiger partial charge in [-0.1, -0.05) is 0 Å². The number of piperazine rings is 1. The van der Waals surface area contributed by atoms with E-state index in [1.807, 2.05) is 49.3 Å². The van der Waals surface area contributed by atoms with Crippen LogP contribution < -0.4 is 14.4 Å². The molecule has 2 amide bonds. The number of nitrogens with zero attached hydrogens (tertiary/aromatic N) is 4. The van der Waals surface area contributed by atoms with E-state index in [4.69, 9.17) is 19.2 Å². The van der Waals surface area contributed by atoms with Crippen LogP contribution in [0.2, 0.25) is 0 Å². The molecule has 3 heterocycles. The summed E-state index contributed by atoms with van der Waals surface area (Å²) in [5, 5.41) is 2.85. The number of hydrogen-bond donors (Lipinski definition) is 0. The van der Waals surface area contributed by atoms with Crippen LogP contribution in [0.5, 0.6) is 11.5 Å². The summed E-state index contributed by atoms with van der Waals surface area (Å²) in [5.41, 5.74) is 1.02. The fourth-order valence-corrected chi connectivity index (χ4v) is 5.53. The number of piperidine rings is 1. The predicted octanol–water partition coefficient (Wildman–Crippen LogP) is 4.24. The molecule has 10 heteroatoms. The molecule has 2 aliphatic heterocycles. The zero-order chi connectivity index (χ0) is 25.9. The van der Waals surface area contributed by atoms with Gasteiger partial charge in [0.1, 0.15) is 22.8 Å². The number of likely N-dealkylation sites (tertiary alicyclic amines) is 1. The molecule has 36 heavy (non-hydrogen) atoms. The van der Waals surface area contributed by atoms with Gasteiger partial charge >= 0.3 is 6.09 Å². The molecule has 2 saturated heterocycles. The molecule has 0 bridgehead atoms. The first kappa shape index (κ1) is 26.1. The largest absolute Gasteiger partial charge is 0.497 e. The molecule has 1 aromatic heterocycles. The van der Waals surface area contributed by atoms with Crippen LogP contribution >= 0.6 is 11.3 Å². The lowest BCUT2D eigenvalue weighted by molar-refractivity contribution is 0.0204. The first-order valence-electron chi connectivity index (χ1n) is 12.4. The van der Waals surface area contributed by atoms with Gasteiger partial charge in [0, 0.05) is 56.6 Å². The molecule has 0 atom stereocenters. The number of carbonyl (C=O) groups is 2. The third-order valence-corrected chi connectivity index (χ3v) is 7.54. The van der Waals surface area contributed by atoms with Crippen molar-refractivity contribution in [2.24, 2.45) is 0 Å². The van der Waals surface area contributed by atoms with Crippen molar-refractivity contribution in [3.05, 3.63) is 34.3 Å². The topological polar surface area (TPSA) is 84.4 Å². The lowest BCUT2D eigenvalue weighted by Gasteiger charge is -2.36. The van der Waals surface area contributed by atoms with Crippen molar-refractivity contribution in [3.8, 4) is 11.5 Å². The van der Waals surface area contributed by atoms with Gasteiger partial charge in [0.15, 0.2) is 0 Å². The van der Waals surface area contributed by atoms with E-state index in [0.29, 0.717) is 45.0 Å². The highest BCUT2D eigenvalue weighted by atomic mass is 32.1. The molecule has 0 aliphatic carbocycles. The molecule has 0 spiro atoms. The van der Waals surface area contributed by atoms with E-state index < -0.39 is 5.60 Å². The number of amides is 2. The molecular weight excluding hydrogens is 480 g/mol. The number of aromatic nitrogens is 1. The van der Waals surface area contributed by atoms with Crippen LogP contribution in [0.3, 0.4) is 0 Å². The Balaban J connectivity index is 1.31. The molecule has 0 unspecified atom stereocenters. The molecule has 196 valence electrons. The standard InChI is InChI=1S/C26H36N4O5S/c1-26(2,3)35-25(32)30-10-8-18(9-11-30)23-27-20(17-36-23)24(31)29-14-12-28(13-15-29)21-7-6-19(33-4)16-22(21)34-5/h6-7,16-18H,8-15H2,1-5H3. The molecular formula is C26H36N4O5S. The Morgan fingerprint density at radius 2 is 1.67 bits per heavy atom. The summed E-state index contributed by atoms with van der Waals surface area (Å²) < 4.78 is 16.3. The summed E-state index contributed by atoms with van der Waals surface area (Å²) in [7, 11) is 3.29. The van der Waals surface area contributed by atoms with E-state index in [2.05, 4.69) is 4.90 Å². The maximum Gasteiger partial charge on any atom is 0.410 e. The fourth-order valence-electron chi connectivity index (χ4n) is 4.57. The quantitative estimate of drug-likeness (QED) is 0.588. The number of hydrogen-bond acceptors (Lipinski definition) is 8. The third kappa shape index (κ3) is 6.03. The third-order valence-electron chi connectivity index (χ3n) is 6.53. The van der Waals surface area contributed by atoms with E-state index in [1.54, 1.807) is 30.5 Å². The Bertz CT molecular complexity index is 1070.